The molecular formula is C14H11Cl2N3OS2. The van der Waals surface area contributed by atoms with Crippen molar-refractivity contribution in [2.75, 3.05) is 0 Å². The van der Waals surface area contributed by atoms with Gasteiger partial charge in [-0.05, 0) is 29.2 Å². The van der Waals surface area contributed by atoms with E-state index in [-0.39, 0.29) is 5.70 Å². The Kier molecular flexibility index (Phi) is 6.02. The monoisotopic (exact) mass is 371 g/mol. The summed E-state index contributed by atoms with van der Waals surface area (Å²) in [4.78, 5) is 15.4. The fourth-order valence-electron chi connectivity index (χ4n) is 1.60. The van der Waals surface area contributed by atoms with Crippen molar-refractivity contribution in [3.8, 4) is 0 Å². The van der Waals surface area contributed by atoms with E-state index in [1.54, 1.807) is 42.1 Å². The molecule has 1 aromatic carbocycles. The maximum Gasteiger partial charge on any atom is 0.267 e. The minimum absolute atomic E-state index is 0.248. The molecule has 0 saturated carbocycles. The summed E-state index contributed by atoms with van der Waals surface area (Å²) in [6.45, 7) is 0. The molecule has 0 aliphatic heterocycles. The van der Waals surface area contributed by atoms with Crippen molar-refractivity contribution < 1.29 is 4.79 Å². The third kappa shape index (κ3) is 4.33. The van der Waals surface area contributed by atoms with E-state index >= 15 is 0 Å². The number of carbonyl (C=O) groups excluding carboxylic acids is 1. The van der Waals surface area contributed by atoms with Gasteiger partial charge in [-0.2, -0.15) is 0 Å². The number of carbonyl (C=O) groups is 1. The average molecular weight is 372 g/mol. The Labute approximate surface area is 147 Å². The van der Waals surface area contributed by atoms with E-state index < -0.39 is 5.91 Å². The van der Waals surface area contributed by atoms with Crippen LogP contribution in [0.25, 0.3) is 11.8 Å². The van der Waals surface area contributed by atoms with E-state index in [1.165, 1.54) is 22.7 Å². The van der Waals surface area contributed by atoms with Crippen LogP contribution in [0, 0.1) is 0 Å². The van der Waals surface area contributed by atoms with Crippen molar-refractivity contribution in [2.45, 2.75) is 0 Å². The largest absolute Gasteiger partial charge is 0.364 e. The summed E-state index contributed by atoms with van der Waals surface area (Å²) in [7, 11) is 0. The van der Waals surface area contributed by atoms with Gasteiger partial charge in [0.1, 0.15) is 5.70 Å². The third-order valence-corrected chi connectivity index (χ3v) is 4.37. The molecule has 4 nitrogen and oxygen atoms in total. The molecule has 1 amide bonds. The van der Waals surface area contributed by atoms with Crippen molar-refractivity contribution in [2.24, 2.45) is 5.73 Å². The number of thiol groups is 1. The van der Waals surface area contributed by atoms with E-state index in [1.807, 2.05) is 0 Å². The van der Waals surface area contributed by atoms with Crippen LogP contribution in [0.1, 0.15) is 5.56 Å². The lowest BCUT2D eigenvalue weighted by Crippen LogP contribution is -2.17. The third-order valence-electron chi connectivity index (χ3n) is 2.59. The molecule has 0 bridgehead atoms. The highest BCUT2D eigenvalue weighted by Gasteiger charge is 2.12. The molecule has 2 N–H and O–H groups in total. The second-order valence-electron chi connectivity index (χ2n) is 4.07. The molecule has 0 fully saturated rings. The van der Waals surface area contributed by atoms with Crippen LogP contribution in [0.15, 0.2) is 46.6 Å². The first-order valence-electron chi connectivity index (χ1n) is 5.98. The number of nitrogens with two attached hydrogens (primary N) is 1. The van der Waals surface area contributed by atoms with Crippen molar-refractivity contribution in [1.29, 1.82) is 0 Å². The van der Waals surface area contributed by atoms with Crippen molar-refractivity contribution in [3.05, 3.63) is 62.2 Å². The number of amides is 1. The molecule has 114 valence electrons. The summed E-state index contributed by atoms with van der Waals surface area (Å²) in [5, 5.41) is 2.87. The SMILES string of the molecule is NC(=O)/C(=C(\S)S/C=C/c1ccc(Cl)cc1Cl)n1ccnc1. The number of primary amides is 1. The molecule has 0 saturated heterocycles. The highest BCUT2D eigenvalue weighted by atomic mass is 35.5. The number of nitrogens with zero attached hydrogens (tertiary/aromatic N) is 2. The molecule has 8 heteroatoms. The van der Waals surface area contributed by atoms with Gasteiger partial charge in [-0.3, -0.25) is 9.36 Å². The molecule has 0 unspecified atom stereocenters. The highest BCUT2D eigenvalue weighted by Crippen LogP contribution is 2.29. The quantitative estimate of drug-likeness (QED) is 0.613. The Morgan fingerprint density at radius 1 is 1.41 bits per heavy atom. The average Bonchev–Trinajstić information content (AvgIpc) is 2.94. The Morgan fingerprint density at radius 3 is 2.77 bits per heavy atom. The lowest BCUT2D eigenvalue weighted by atomic mass is 10.2. The number of hydrogen-bond acceptors (Lipinski definition) is 4. The van der Waals surface area contributed by atoms with Crippen LogP contribution in [0.2, 0.25) is 10.0 Å². The first kappa shape index (κ1) is 17.0. The number of halogens is 2. The van der Waals surface area contributed by atoms with Gasteiger partial charge < -0.3 is 5.73 Å². The first-order valence-corrected chi connectivity index (χ1v) is 8.07. The van der Waals surface area contributed by atoms with Crippen LogP contribution in [0.4, 0.5) is 0 Å². The zero-order valence-electron chi connectivity index (χ0n) is 11.1. The maximum absolute atomic E-state index is 11.6. The van der Waals surface area contributed by atoms with Gasteiger partial charge in [0, 0.05) is 22.4 Å². The fourth-order valence-corrected chi connectivity index (χ4v) is 3.14. The minimum atomic E-state index is -0.589. The second kappa shape index (κ2) is 7.78. The summed E-state index contributed by atoms with van der Waals surface area (Å²) < 4.78 is 1.97. The van der Waals surface area contributed by atoms with Gasteiger partial charge in [0.2, 0.25) is 0 Å². The summed E-state index contributed by atoms with van der Waals surface area (Å²) in [6, 6.07) is 5.20. The second-order valence-corrected chi connectivity index (χ2v) is 6.58. The van der Waals surface area contributed by atoms with Gasteiger partial charge in [0.15, 0.2) is 0 Å². The molecule has 0 aliphatic rings. The zero-order chi connectivity index (χ0) is 16.1. The number of rotatable bonds is 5. The summed E-state index contributed by atoms with van der Waals surface area (Å²) in [5.74, 6) is -0.589. The van der Waals surface area contributed by atoms with Gasteiger partial charge in [-0.25, -0.2) is 4.98 Å². The maximum atomic E-state index is 11.6. The molecule has 22 heavy (non-hydrogen) atoms. The number of thioether (sulfide) groups is 1. The zero-order valence-corrected chi connectivity index (χ0v) is 14.3. The Balaban J connectivity index is 2.20. The fraction of sp³-hybridized carbons (Fsp3) is 0. The molecular weight excluding hydrogens is 361 g/mol. The lowest BCUT2D eigenvalue weighted by Gasteiger charge is -2.07. The van der Waals surface area contributed by atoms with E-state index in [9.17, 15) is 4.79 Å². The van der Waals surface area contributed by atoms with Gasteiger partial charge in [-0.15, -0.1) is 12.6 Å². The van der Waals surface area contributed by atoms with Gasteiger partial charge in [-0.1, -0.05) is 41.0 Å². The van der Waals surface area contributed by atoms with Crippen LogP contribution >= 0.6 is 47.6 Å². The van der Waals surface area contributed by atoms with Crippen LogP contribution < -0.4 is 5.73 Å². The predicted molar refractivity (Wildman–Crippen MR) is 96.7 cm³/mol. The lowest BCUT2D eigenvalue weighted by molar-refractivity contribution is -0.113. The predicted octanol–water partition coefficient (Wildman–Crippen LogP) is 4.14. The van der Waals surface area contributed by atoms with Crippen LogP contribution in [-0.4, -0.2) is 15.5 Å². The van der Waals surface area contributed by atoms with Crippen molar-refractivity contribution in [1.82, 2.24) is 9.55 Å². The molecule has 0 radical (unpaired) electrons. The summed E-state index contributed by atoms with van der Waals surface area (Å²) >= 11 is 17.5. The number of benzene rings is 1. The van der Waals surface area contributed by atoms with E-state index in [0.717, 1.165) is 5.56 Å². The van der Waals surface area contributed by atoms with Crippen LogP contribution in [0.5, 0.6) is 0 Å². The Morgan fingerprint density at radius 2 is 2.18 bits per heavy atom. The van der Waals surface area contributed by atoms with Crippen molar-refractivity contribution >= 4 is 65.3 Å². The van der Waals surface area contributed by atoms with Gasteiger partial charge >= 0.3 is 0 Å². The summed E-state index contributed by atoms with van der Waals surface area (Å²) in [5.41, 5.74) is 6.44. The Bertz CT molecular complexity index is 743. The van der Waals surface area contributed by atoms with E-state index in [4.69, 9.17) is 28.9 Å². The van der Waals surface area contributed by atoms with Crippen LogP contribution in [-0.2, 0) is 4.79 Å². The Hall–Kier alpha value is -1.34. The molecule has 1 heterocycles. The molecule has 1 aromatic heterocycles. The highest BCUT2D eigenvalue weighted by molar-refractivity contribution is 8.17. The topological polar surface area (TPSA) is 60.9 Å². The number of aromatic nitrogens is 2. The first-order chi connectivity index (χ1) is 10.5. The summed E-state index contributed by atoms with van der Waals surface area (Å²) in [6.07, 6.45) is 6.46. The molecule has 2 rings (SSSR count). The number of imidazole rings is 1. The molecule has 0 spiro atoms. The molecule has 2 aromatic rings. The normalized spacial score (nSPS) is 12.5. The standard InChI is InChI=1S/C14H11Cl2N3OS2/c15-10-2-1-9(11(16)7-10)3-6-22-14(21)12(13(17)20)19-5-4-18-8-19/h1-8,21H,(H2,17,20)/b6-3+,14-12-. The van der Waals surface area contributed by atoms with Crippen LogP contribution in [0.3, 0.4) is 0 Å². The smallest absolute Gasteiger partial charge is 0.267 e. The molecule has 0 atom stereocenters. The number of hydrogen-bond donors (Lipinski definition) is 2. The van der Waals surface area contributed by atoms with E-state index in [0.29, 0.717) is 14.3 Å². The minimum Gasteiger partial charge on any atom is -0.364 e. The van der Waals surface area contributed by atoms with E-state index in [2.05, 4.69) is 17.6 Å². The molecule has 0 aliphatic carbocycles. The van der Waals surface area contributed by atoms with Gasteiger partial charge in [0.05, 0.1) is 10.6 Å². The van der Waals surface area contributed by atoms with Crippen molar-refractivity contribution in [3.63, 3.8) is 0 Å². The van der Waals surface area contributed by atoms with Gasteiger partial charge in [0.25, 0.3) is 5.91 Å².